The maximum absolute atomic E-state index is 12.4. The zero-order chi connectivity index (χ0) is 23.5. The lowest BCUT2D eigenvalue weighted by Gasteiger charge is -2.06. The van der Waals surface area contributed by atoms with Crippen molar-refractivity contribution in [2.45, 2.75) is 19.0 Å². The molecular formula is C22H20N6O3S2. The number of hydrogen-bond acceptors (Lipinski definition) is 8. The second-order valence-corrected chi connectivity index (χ2v) is 9.11. The van der Waals surface area contributed by atoms with Gasteiger partial charge in [-0.05, 0) is 19.4 Å². The fraction of sp³-hybridized carbons (Fsp3) is 0.182. The van der Waals surface area contributed by atoms with E-state index in [1.807, 2.05) is 42.8 Å². The van der Waals surface area contributed by atoms with Crippen molar-refractivity contribution >= 4 is 39.8 Å². The predicted octanol–water partition coefficient (Wildman–Crippen LogP) is 4.86. The lowest BCUT2D eigenvalue weighted by molar-refractivity contribution is -0.385. The van der Waals surface area contributed by atoms with Crippen LogP contribution in [0.4, 0.5) is 10.8 Å². The molecule has 2 heterocycles. The van der Waals surface area contributed by atoms with E-state index in [9.17, 15) is 14.9 Å². The molecule has 0 saturated carbocycles. The monoisotopic (exact) mass is 480 g/mol. The number of hydrogen-bond donors (Lipinski definition) is 1. The van der Waals surface area contributed by atoms with Gasteiger partial charge in [-0.1, -0.05) is 48.2 Å². The second kappa shape index (κ2) is 9.51. The number of amides is 1. The quantitative estimate of drug-likeness (QED) is 0.228. The molecule has 0 bridgehead atoms. The SMILES string of the molecule is Cc1ccccc1-c1nnc(SCC(=O)Nc2nc(-c3ccc(C)c([N+](=O)[O-])c3)cs2)n1C. The van der Waals surface area contributed by atoms with E-state index in [0.717, 1.165) is 17.0 Å². The molecule has 33 heavy (non-hydrogen) atoms. The van der Waals surface area contributed by atoms with Gasteiger partial charge in [0.05, 0.1) is 16.4 Å². The Labute approximate surface area is 198 Å². The van der Waals surface area contributed by atoms with Crippen molar-refractivity contribution in [2.75, 3.05) is 11.1 Å². The highest BCUT2D eigenvalue weighted by molar-refractivity contribution is 7.99. The van der Waals surface area contributed by atoms with Crippen LogP contribution in [-0.4, -0.2) is 36.3 Å². The maximum Gasteiger partial charge on any atom is 0.272 e. The first-order chi connectivity index (χ1) is 15.8. The summed E-state index contributed by atoms with van der Waals surface area (Å²) in [5.41, 5.74) is 3.91. The van der Waals surface area contributed by atoms with Crippen LogP contribution in [0.15, 0.2) is 53.0 Å². The van der Waals surface area contributed by atoms with Crippen molar-refractivity contribution in [1.29, 1.82) is 0 Å². The minimum Gasteiger partial charge on any atom is -0.305 e. The summed E-state index contributed by atoms with van der Waals surface area (Å²) >= 11 is 2.55. The highest BCUT2D eigenvalue weighted by Gasteiger charge is 2.16. The van der Waals surface area contributed by atoms with E-state index >= 15 is 0 Å². The zero-order valence-corrected chi connectivity index (χ0v) is 19.7. The first-order valence-electron chi connectivity index (χ1n) is 9.92. The number of thiazole rings is 1. The molecule has 1 amide bonds. The average molecular weight is 481 g/mol. The number of nitrogens with one attached hydrogen (secondary N) is 1. The van der Waals surface area contributed by atoms with Crippen LogP contribution in [0.3, 0.4) is 0 Å². The highest BCUT2D eigenvalue weighted by atomic mass is 32.2. The topological polar surface area (TPSA) is 116 Å². The van der Waals surface area contributed by atoms with Crippen molar-refractivity contribution in [2.24, 2.45) is 7.05 Å². The van der Waals surface area contributed by atoms with Crippen molar-refractivity contribution in [1.82, 2.24) is 19.7 Å². The zero-order valence-electron chi connectivity index (χ0n) is 18.1. The summed E-state index contributed by atoms with van der Waals surface area (Å²) in [7, 11) is 1.87. The number of aromatic nitrogens is 4. The number of nitro benzene ring substituents is 1. The van der Waals surface area contributed by atoms with Crippen molar-refractivity contribution < 1.29 is 9.72 Å². The van der Waals surface area contributed by atoms with Gasteiger partial charge in [0.2, 0.25) is 5.91 Å². The van der Waals surface area contributed by atoms with Gasteiger partial charge in [0.1, 0.15) is 0 Å². The lowest BCUT2D eigenvalue weighted by Crippen LogP contribution is -2.14. The van der Waals surface area contributed by atoms with Crippen LogP contribution in [0.5, 0.6) is 0 Å². The number of thioether (sulfide) groups is 1. The third-order valence-corrected chi connectivity index (χ3v) is 6.78. The number of nitro groups is 1. The van der Waals surface area contributed by atoms with Crippen molar-refractivity contribution in [3.05, 3.63) is 69.1 Å². The van der Waals surface area contributed by atoms with Gasteiger partial charge in [-0.3, -0.25) is 14.9 Å². The molecule has 0 radical (unpaired) electrons. The number of carbonyl (C=O) groups is 1. The van der Waals surface area contributed by atoms with E-state index in [0.29, 0.717) is 27.1 Å². The second-order valence-electron chi connectivity index (χ2n) is 7.31. The number of benzene rings is 2. The van der Waals surface area contributed by atoms with Crippen LogP contribution in [0.2, 0.25) is 0 Å². The Morgan fingerprint density at radius 3 is 2.73 bits per heavy atom. The van der Waals surface area contributed by atoms with Crippen LogP contribution in [0.1, 0.15) is 11.1 Å². The standard InChI is InChI=1S/C22H20N6O3S2/c1-13-6-4-5-7-16(13)20-25-26-22(27(20)3)33-12-19(29)24-21-23-17(11-32-21)15-9-8-14(2)18(10-15)28(30)31/h4-11H,12H2,1-3H3,(H,23,24,29). The molecule has 168 valence electrons. The molecule has 0 spiro atoms. The molecule has 0 aliphatic rings. The summed E-state index contributed by atoms with van der Waals surface area (Å²) < 4.78 is 1.87. The fourth-order valence-corrected chi connectivity index (χ4v) is 4.66. The average Bonchev–Trinajstić information content (AvgIpc) is 3.39. The third kappa shape index (κ3) is 4.94. The Hall–Kier alpha value is -3.57. The Morgan fingerprint density at radius 2 is 1.97 bits per heavy atom. The predicted molar refractivity (Wildman–Crippen MR) is 129 cm³/mol. The molecule has 1 N–H and O–H groups in total. The van der Waals surface area contributed by atoms with Gasteiger partial charge in [-0.15, -0.1) is 21.5 Å². The summed E-state index contributed by atoms with van der Waals surface area (Å²) in [6.07, 6.45) is 0. The van der Waals surface area contributed by atoms with Crippen LogP contribution < -0.4 is 5.32 Å². The van der Waals surface area contributed by atoms with Gasteiger partial charge >= 0.3 is 0 Å². The lowest BCUT2D eigenvalue weighted by atomic mass is 10.1. The highest BCUT2D eigenvalue weighted by Crippen LogP contribution is 2.30. The molecule has 0 aliphatic carbocycles. The molecule has 2 aromatic carbocycles. The molecule has 9 nitrogen and oxygen atoms in total. The van der Waals surface area contributed by atoms with E-state index in [2.05, 4.69) is 20.5 Å². The summed E-state index contributed by atoms with van der Waals surface area (Å²) in [5.74, 6) is 0.661. The van der Waals surface area contributed by atoms with E-state index in [4.69, 9.17) is 0 Å². The maximum atomic E-state index is 12.4. The summed E-state index contributed by atoms with van der Waals surface area (Å²) in [5, 5.41) is 25.3. The van der Waals surface area contributed by atoms with Crippen LogP contribution >= 0.6 is 23.1 Å². The number of nitrogens with zero attached hydrogens (tertiary/aromatic N) is 5. The molecule has 0 aliphatic heterocycles. The molecule has 4 aromatic rings. The normalized spacial score (nSPS) is 10.9. The van der Waals surface area contributed by atoms with Gasteiger partial charge in [-0.2, -0.15) is 0 Å². The van der Waals surface area contributed by atoms with Crippen LogP contribution in [-0.2, 0) is 11.8 Å². The van der Waals surface area contributed by atoms with Gasteiger partial charge in [-0.25, -0.2) is 4.98 Å². The van der Waals surface area contributed by atoms with Gasteiger partial charge in [0.25, 0.3) is 5.69 Å². The van der Waals surface area contributed by atoms with Crippen molar-refractivity contribution in [3.8, 4) is 22.6 Å². The van der Waals surface area contributed by atoms with E-state index < -0.39 is 4.92 Å². The van der Waals surface area contributed by atoms with Gasteiger partial charge < -0.3 is 9.88 Å². The number of anilines is 1. The van der Waals surface area contributed by atoms with E-state index in [1.54, 1.807) is 24.4 Å². The molecule has 0 fully saturated rings. The minimum atomic E-state index is -0.415. The van der Waals surface area contributed by atoms with Gasteiger partial charge in [0.15, 0.2) is 16.1 Å². The molecule has 11 heteroatoms. The molecule has 2 aromatic heterocycles. The Bertz CT molecular complexity index is 1350. The van der Waals surface area contributed by atoms with Gasteiger partial charge in [0, 0.05) is 35.2 Å². The number of carbonyl (C=O) groups excluding carboxylic acids is 1. The van der Waals surface area contributed by atoms with Crippen molar-refractivity contribution in [3.63, 3.8) is 0 Å². The molecular weight excluding hydrogens is 460 g/mol. The van der Waals surface area contributed by atoms with E-state index in [1.165, 1.54) is 29.2 Å². The van der Waals surface area contributed by atoms with Crippen LogP contribution in [0, 0.1) is 24.0 Å². The molecule has 0 saturated heterocycles. The first-order valence-corrected chi connectivity index (χ1v) is 11.8. The first kappa shape index (κ1) is 22.6. The fourth-order valence-electron chi connectivity index (χ4n) is 3.21. The summed E-state index contributed by atoms with van der Waals surface area (Å²) in [4.78, 5) is 27.6. The summed E-state index contributed by atoms with van der Waals surface area (Å²) in [6, 6.07) is 12.9. The summed E-state index contributed by atoms with van der Waals surface area (Å²) in [6.45, 7) is 3.70. The third-order valence-electron chi connectivity index (χ3n) is 5.01. The minimum absolute atomic E-state index is 0.0382. The number of rotatable bonds is 7. The van der Waals surface area contributed by atoms with Crippen LogP contribution in [0.25, 0.3) is 22.6 Å². The molecule has 0 atom stereocenters. The smallest absolute Gasteiger partial charge is 0.272 e. The Balaban J connectivity index is 1.40. The molecule has 0 unspecified atom stereocenters. The Kier molecular flexibility index (Phi) is 6.52. The largest absolute Gasteiger partial charge is 0.305 e. The molecule has 4 rings (SSSR count). The Morgan fingerprint density at radius 1 is 1.18 bits per heavy atom. The van der Waals surface area contributed by atoms with E-state index in [-0.39, 0.29) is 17.3 Å². The number of aryl methyl sites for hydroxylation is 2.